The van der Waals surface area contributed by atoms with Crippen molar-refractivity contribution in [2.24, 2.45) is 5.73 Å². The molecule has 1 aliphatic rings. The van der Waals surface area contributed by atoms with Gasteiger partial charge in [-0.3, -0.25) is 4.79 Å². The molecule has 0 aliphatic carbocycles. The number of fused-ring (bicyclic) bond motifs is 1. The quantitative estimate of drug-likeness (QED) is 0.907. The van der Waals surface area contributed by atoms with Crippen molar-refractivity contribution in [3.63, 3.8) is 0 Å². The van der Waals surface area contributed by atoms with E-state index in [2.05, 4.69) is 23.5 Å². The largest absolute Gasteiger partial charge is 0.379 e. The molecule has 2 aromatic rings. The number of nitrogens with one attached hydrogen (secondary N) is 1. The Bertz CT molecular complexity index is 657. The molecule has 2 atom stereocenters. The van der Waals surface area contributed by atoms with Crippen LogP contribution in [0.1, 0.15) is 24.9 Å². The molecular weight excluding hydrogens is 264 g/mol. The summed E-state index contributed by atoms with van der Waals surface area (Å²) in [5, 5.41) is 5.35. The van der Waals surface area contributed by atoms with E-state index in [4.69, 9.17) is 10.5 Å². The SMILES string of the molecule is CC(NC(=O)C1(N)CCOC1)c1cccc2ccccc12. The summed E-state index contributed by atoms with van der Waals surface area (Å²) in [6, 6.07) is 14.2. The molecule has 1 saturated heterocycles. The molecule has 0 spiro atoms. The fraction of sp³-hybridized carbons (Fsp3) is 0.353. The number of nitrogens with two attached hydrogens (primary N) is 1. The van der Waals surface area contributed by atoms with Crippen LogP contribution in [0.5, 0.6) is 0 Å². The molecule has 2 unspecified atom stereocenters. The highest BCUT2D eigenvalue weighted by molar-refractivity contribution is 5.89. The highest BCUT2D eigenvalue weighted by Crippen LogP contribution is 2.25. The van der Waals surface area contributed by atoms with Crippen LogP contribution in [-0.4, -0.2) is 24.7 Å². The van der Waals surface area contributed by atoms with Gasteiger partial charge in [-0.25, -0.2) is 0 Å². The highest BCUT2D eigenvalue weighted by Gasteiger charge is 2.38. The summed E-state index contributed by atoms with van der Waals surface area (Å²) in [6.45, 7) is 2.83. The minimum absolute atomic E-state index is 0.0929. The van der Waals surface area contributed by atoms with Gasteiger partial charge in [-0.15, -0.1) is 0 Å². The smallest absolute Gasteiger partial charge is 0.243 e. The standard InChI is InChI=1S/C17H20N2O2/c1-12(19-16(20)17(18)9-10-21-11-17)14-8-4-6-13-5-2-3-7-15(13)14/h2-8,12H,9-11,18H2,1H3,(H,19,20). The zero-order valence-corrected chi connectivity index (χ0v) is 12.1. The van der Waals surface area contributed by atoms with Gasteiger partial charge < -0.3 is 15.8 Å². The minimum Gasteiger partial charge on any atom is -0.379 e. The Hall–Kier alpha value is -1.91. The van der Waals surface area contributed by atoms with Crippen molar-refractivity contribution in [3.05, 3.63) is 48.0 Å². The molecule has 1 heterocycles. The van der Waals surface area contributed by atoms with Gasteiger partial charge >= 0.3 is 0 Å². The van der Waals surface area contributed by atoms with Crippen LogP contribution >= 0.6 is 0 Å². The van der Waals surface area contributed by atoms with Crippen LogP contribution < -0.4 is 11.1 Å². The first-order valence-corrected chi connectivity index (χ1v) is 7.25. The highest BCUT2D eigenvalue weighted by atomic mass is 16.5. The second kappa shape index (κ2) is 5.47. The number of ether oxygens (including phenoxy) is 1. The van der Waals surface area contributed by atoms with Crippen molar-refractivity contribution in [2.75, 3.05) is 13.2 Å². The number of rotatable bonds is 3. The summed E-state index contributed by atoms with van der Waals surface area (Å²) in [6.07, 6.45) is 0.571. The second-order valence-corrected chi connectivity index (χ2v) is 5.72. The predicted octanol–water partition coefficient (Wildman–Crippen LogP) is 2.13. The minimum atomic E-state index is -0.890. The van der Waals surface area contributed by atoms with Crippen LogP contribution in [0.4, 0.5) is 0 Å². The predicted molar refractivity (Wildman–Crippen MR) is 82.9 cm³/mol. The van der Waals surface area contributed by atoms with Gasteiger partial charge in [-0.1, -0.05) is 42.5 Å². The lowest BCUT2D eigenvalue weighted by molar-refractivity contribution is -0.127. The lowest BCUT2D eigenvalue weighted by atomic mass is 9.96. The lowest BCUT2D eigenvalue weighted by Crippen LogP contribution is -2.54. The van der Waals surface area contributed by atoms with Gasteiger partial charge in [0.05, 0.1) is 12.6 Å². The van der Waals surface area contributed by atoms with Crippen LogP contribution in [-0.2, 0) is 9.53 Å². The summed E-state index contributed by atoms with van der Waals surface area (Å²) in [5.74, 6) is -0.138. The van der Waals surface area contributed by atoms with Crippen molar-refractivity contribution in [1.29, 1.82) is 0 Å². The van der Waals surface area contributed by atoms with Crippen LogP contribution in [0.3, 0.4) is 0 Å². The van der Waals surface area contributed by atoms with Crippen LogP contribution in [0.25, 0.3) is 10.8 Å². The molecule has 0 aromatic heterocycles. The third kappa shape index (κ3) is 2.64. The van der Waals surface area contributed by atoms with E-state index in [0.29, 0.717) is 19.6 Å². The van der Waals surface area contributed by atoms with Crippen molar-refractivity contribution in [2.45, 2.75) is 24.9 Å². The Morgan fingerprint density at radius 3 is 2.81 bits per heavy atom. The number of benzene rings is 2. The summed E-state index contributed by atoms with van der Waals surface area (Å²) in [5.41, 5.74) is 6.32. The Morgan fingerprint density at radius 2 is 2.05 bits per heavy atom. The molecule has 0 bridgehead atoms. The Morgan fingerprint density at radius 1 is 1.29 bits per heavy atom. The summed E-state index contributed by atoms with van der Waals surface area (Å²) in [4.78, 5) is 12.4. The second-order valence-electron chi connectivity index (χ2n) is 5.72. The first-order valence-electron chi connectivity index (χ1n) is 7.25. The molecule has 3 rings (SSSR count). The number of carbonyl (C=O) groups excluding carboxylic acids is 1. The molecule has 4 nitrogen and oxygen atoms in total. The van der Waals surface area contributed by atoms with E-state index in [9.17, 15) is 4.79 Å². The zero-order chi connectivity index (χ0) is 14.9. The van der Waals surface area contributed by atoms with Crippen molar-refractivity contribution in [1.82, 2.24) is 5.32 Å². The maximum absolute atomic E-state index is 12.4. The summed E-state index contributed by atoms with van der Waals surface area (Å²) < 4.78 is 5.25. The number of amides is 1. The zero-order valence-electron chi connectivity index (χ0n) is 12.1. The molecular formula is C17H20N2O2. The van der Waals surface area contributed by atoms with Gasteiger partial charge in [0.15, 0.2) is 0 Å². The normalized spacial score (nSPS) is 23.1. The molecule has 0 radical (unpaired) electrons. The molecule has 1 fully saturated rings. The summed E-state index contributed by atoms with van der Waals surface area (Å²) in [7, 11) is 0. The van der Waals surface area contributed by atoms with E-state index >= 15 is 0 Å². The van der Waals surface area contributed by atoms with Crippen LogP contribution in [0, 0.1) is 0 Å². The Kier molecular flexibility index (Phi) is 3.66. The first kappa shape index (κ1) is 14.0. The van der Waals surface area contributed by atoms with E-state index in [1.807, 2.05) is 31.2 Å². The van der Waals surface area contributed by atoms with Gasteiger partial charge in [-0.05, 0) is 29.7 Å². The number of hydrogen-bond donors (Lipinski definition) is 2. The van der Waals surface area contributed by atoms with Gasteiger partial charge in [0.25, 0.3) is 0 Å². The van der Waals surface area contributed by atoms with Crippen LogP contribution in [0.15, 0.2) is 42.5 Å². The van der Waals surface area contributed by atoms with E-state index in [1.54, 1.807) is 0 Å². The third-order valence-electron chi connectivity index (χ3n) is 4.14. The maximum Gasteiger partial charge on any atom is 0.243 e. The molecule has 0 saturated carbocycles. The molecule has 4 heteroatoms. The van der Waals surface area contributed by atoms with Gasteiger partial charge in [0.1, 0.15) is 5.54 Å². The third-order valence-corrected chi connectivity index (χ3v) is 4.14. The van der Waals surface area contributed by atoms with Crippen molar-refractivity contribution >= 4 is 16.7 Å². The fourth-order valence-corrected chi connectivity index (χ4v) is 2.81. The van der Waals surface area contributed by atoms with Gasteiger partial charge in [-0.2, -0.15) is 0 Å². The van der Waals surface area contributed by atoms with Crippen LogP contribution in [0.2, 0.25) is 0 Å². The molecule has 2 aromatic carbocycles. The molecule has 21 heavy (non-hydrogen) atoms. The van der Waals surface area contributed by atoms with Gasteiger partial charge in [0, 0.05) is 6.61 Å². The van der Waals surface area contributed by atoms with E-state index in [0.717, 1.165) is 10.9 Å². The lowest BCUT2D eigenvalue weighted by Gasteiger charge is -2.24. The average Bonchev–Trinajstić information content (AvgIpc) is 2.95. The van der Waals surface area contributed by atoms with E-state index in [-0.39, 0.29) is 11.9 Å². The van der Waals surface area contributed by atoms with Crippen molar-refractivity contribution in [3.8, 4) is 0 Å². The Balaban J connectivity index is 1.84. The van der Waals surface area contributed by atoms with Crippen molar-refractivity contribution < 1.29 is 9.53 Å². The molecule has 110 valence electrons. The van der Waals surface area contributed by atoms with Gasteiger partial charge in [0.2, 0.25) is 5.91 Å². The first-order chi connectivity index (χ1) is 10.1. The molecule has 1 amide bonds. The van der Waals surface area contributed by atoms with E-state index in [1.165, 1.54) is 5.39 Å². The van der Waals surface area contributed by atoms with E-state index < -0.39 is 5.54 Å². The average molecular weight is 284 g/mol. The topological polar surface area (TPSA) is 64.4 Å². The monoisotopic (exact) mass is 284 g/mol. The summed E-state index contributed by atoms with van der Waals surface area (Å²) >= 11 is 0. The number of carbonyl (C=O) groups is 1. The molecule has 1 aliphatic heterocycles. The Labute approximate surface area is 124 Å². The maximum atomic E-state index is 12.4. The fourth-order valence-electron chi connectivity index (χ4n) is 2.81. The molecule has 3 N–H and O–H groups in total. The number of hydrogen-bond acceptors (Lipinski definition) is 3.